The van der Waals surface area contributed by atoms with E-state index in [1.165, 1.54) is 12.3 Å². The Bertz CT molecular complexity index is 739. The second-order valence-electron chi connectivity index (χ2n) is 5.57. The summed E-state index contributed by atoms with van der Waals surface area (Å²) in [5.74, 6) is -3.78. The van der Waals surface area contributed by atoms with Crippen LogP contribution in [0.15, 0.2) is 42.5 Å². The zero-order valence-corrected chi connectivity index (χ0v) is 14.0. The lowest BCUT2D eigenvalue weighted by atomic mass is 10.1. The number of alkyl halides is 2. The number of hydrogen-bond donors (Lipinski definition) is 3. The number of nitrogens with one attached hydrogen (secondary N) is 2. The largest absolute Gasteiger partial charge is 0.399 e. The summed E-state index contributed by atoms with van der Waals surface area (Å²) in [4.78, 5) is 8.28. The average molecular weight is 351 g/mol. The van der Waals surface area contributed by atoms with Gasteiger partial charge in [-0.2, -0.15) is 0 Å². The fourth-order valence-corrected chi connectivity index (χ4v) is 1.99. The van der Waals surface area contributed by atoms with Crippen LogP contribution < -0.4 is 16.4 Å². The number of hydrogen-bond acceptors (Lipinski definition) is 5. The highest BCUT2D eigenvalue weighted by atomic mass is 19.3. The van der Waals surface area contributed by atoms with Crippen molar-refractivity contribution in [3.05, 3.63) is 59.4 Å². The highest BCUT2D eigenvalue weighted by Crippen LogP contribution is 2.31. The molecule has 4 N–H and O–H groups in total. The molecular formula is C17H20F3N5. The Morgan fingerprint density at radius 1 is 1.28 bits per heavy atom. The number of nitrogens with two attached hydrogens (primary N) is 1. The number of halogens is 3. The minimum absolute atomic E-state index is 0.260. The second-order valence-corrected chi connectivity index (χ2v) is 5.57. The molecule has 0 spiro atoms. The SMILES string of the molecule is CCc1cnc(NC/C(N)=C/Nc2ccc(F)c(C(C)(F)F)c2)nc1. The third-order valence-corrected chi connectivity index (χ3v) is 3.43. The van der Waals surface area contributed by atoms with Gasteiger partial charge in [0.2, 0.25) is 5.95 Å². The van der Waals surface area contributed by atoms with E-state index in [0.717, 1.165) is 24.1 Å². The lowest BCUT2D eigenvalue weighted by Crippen LogP contribution is -2.15. The van der Waals surface area contributed by atoms with Crippen LogP contribution in [-0.4, -0.2) is 16.5 Å². The van der Waals surface area contributed by atoms with E-state index in [4.69, 9.17) is 5.73 Å². The molecule has 8 heteroatoms. The molecule has 0 fully saturated rings. The zero-order valence-electron chi connectivity index (χ0n) is 14.0. The molecule has 0 atom stereocenters. The van der Waals surface area contributed by atoms with Crippen LogP contribution in [0.5, 0.6) is 0 Å². The summed E-state index contributed by atoms with van der Waals surface area (Å²) in [5.41, 5.74) is 6.90. The van der Waals surface area contributed by atoms with E-state index in [0.29, 0.717) is 24.3 Å². The molecule has 1 heterocycles. The van der Waals surface area contributed by atoms with Crippen LogP contribution in [0, 0.1) is 5.82 Å². The fraction of sp³-hybridized carbons (Fsp3) is 0.294. The molecule has 0 saturated heterocycles. The van der Waals surface area contributed by atoms with Crippen LogP contribution in [0.1, 0.15) is 25.0 Å². The van der Waals surface area contributed by atoms with Gasteiger partial charge in [0, 0.05) is 36.9 Å². The van der Waals surface area contributed by atoms with Crippen molar-refractivity contribution in [3.63, 3.8) is 0 Å². The van der Waals surface area contributed by atoms with E-state index >= 15 is 0 Å². The van der Waals surface area contributed by atoms with E-state index in [-0.39, 0.29) is 6.54 Å². The molecule has 2 aromatic rings. The molecule has 5 nitrogen and oxygen atoms in total. The quantitative estimate of drug-likeness (QED) is 0.710. The molecular weight excluding hydrogens is 331 g/mol. The van der Waals surface area contributed by atoms with Crippen LogP contribution in [0.3, 0.4) is 0 Å². The second kappa shape index (κ2) is 7.87. The minimum atomic E-state index is -3.26. The highest BCUT2D eigenvalue weighted by Gasteiger charge is 2.28. The Morgan fingerprint density at radius 3 is 2.56 bits per heavy atom. The molecule has 0 aliphatic carbocycles. The maximum atomic E-state index is 13.5. The van der Waals surface area contributed by atoms with E-state index < -0.39 is 17.3 Å². The van der Waals surface area contributed by atoms with Crippen molar-refractivity contribution in [1.29, 1.82) is 0 Å². The van der Waals surface area contributed by atoms with Crippen LogP contribution >= 0.6 is 0 Å². The number of anilines is 2. The van der Waals surface area contributed by atoms with Gasteiger partial charge in [-0.25, -0.2) is 23.1 Å². The molecule has 0 amide bonds. The van der Waals surface area contributed by atoms with Gasteiger partial charge in [0.25, 0.3) is 5.92 Å². The van der Waals surface area contributed by atoms with E-state index in [2.05, 4.69) is 20.6 Å². The Morgan fingerprint density at radius 2 is 1.96 bits per heavy atom. The van der Waals surface area contributed by atoms with Gasteiger partial charge in [-0.3, -0.25) is 0 Å². The smallest absolute Gasteiger partial charge is 0.273 e. The first-order valence-corrected chi connectivity index (χ1v) is 7.73. The predicted molar refractivity (Wildman–Crippen MR) is 91.8 cm³/mol. The average Bonchev–Trinajstić information content (AvgIpc) is 2.58. The molecule has 0 aliphatic heterocycles. The lowest BCUT2D eigenvalue weighted by Gasteiger charge is -2.13. The van der Waals surface area contributed by atoms with Crippen molar-refractivity contribution in [3.8, 4) is 0 Å². The van der Waals surface area contributed by atoms with Crippen molar-refractivity contribution in [1.82, 2.24) is 9.97 Å². The van der Waals surface area contributed by atoms with Crippen LogP contribution in [-0.2, 0) is 12.3 Å². The Hall–Kier alpha value is -2.77. The first-order chi connectivity index (χ1) is 11.8. The molecule has 2 rings (SSSR count). The third kappa shape index (κ3) is 5.37. The summed E-state index contributed by atoms with van der Waals surface area (Å²) in [6.07, 6.45) is 5.73. The van der Waals surface area contributed by atoms with Gasteiger partial charge in [0.15, 0.2) is 0 Å². The number of nitrogens with zero attached hydrogens (tertiary/aromatic N) is 2. The summed E-state index contributed by atoms with van der Waals surface area (Å²) in [7, 11) is 0. The van der Waals surface area contributed by atoms with E-state index in [1.807, 2.05) is 6.92 Å². The summed E-state index contributed by atoms with van der Waals surface area (Å²) in [6, 6.07) is 3.40. The summed E-state index contributed by atoms with van der Waals surface area (Å²) in [6.45, 7) is 2.91. The zero-order chi connectivity index (χ0) is 18.4. The predicted octanol–water partition coefficient (Wildman–Crippen LogP) is 3.61. The number of rotatable bonds is 7. The fourth-order valence-electron chi connectivity index (χ4n) is 1.99. The van der Waals surface area contributed by atoms with Gasteiger partial charge >= 0.3 is 0 Å². The Balaban J connectivity index is 1.96. The van der Waals surface area contributed by atoms with Crippen molar-refractivity contribution in [2.24, 2.45) is 5.73 Å². The molecule has 25 heavy (non-hydrogen) atoms. The van der Waals surface area contributed by atoms with Gasteiger partial charge < -0.3 is 16.4 Å². The first-order valence-electron chi connectivity index (χ1n) is 7.73. The van der Waals surface area contributed by atoms with Gasteiger partial charge in [0.1, 0.15) is 5.82 Å². The van der Waals surface area contributed by atoms with Gasteiger partial charge in [-0.05, 0) is 30.2 Å². The number of aromatic nitrogens is 2. The standard InChI is InChI=1S/C17H20F3N5/c1-3-11-7-23-16(24-8-11)25-10-12(21)9-22-13-4-5-15(18)14(6-13)17(2,19)20/h4-9,22H,3,10,21H2,1-2H3,(H,23,24,25)/b12-9-. The molecule has 134 valence electrons. The highest BCUT2D eigenvalue weighted by molar-refractivity contribution is 5.49. The van der Waals surface area contributed by atoms with Crippen molar-refractivity contribution in [2.45, 2.75) is 26.2 Å². The minimum Gasteiger partial charge on any atom is -0.399 e. The molecule has 0 radical (unpaired) electrons. The molecule has 0 unspecified atom stereocenters. The van der Waals surface area contributed by atoms with Crippen molar-refractivity contribution in [2.75, 3.05) is 17.2 Å². The van der Waals surface area contributed by atoms with Crippen molar-refractivity contribution >= 4 is 11.6 Å². The molecule has 0 aliphatic rings. The van der Waals surface area contributed by atoms with Gasteiger partial charge in [-0.1, -0.05) is 6.92 Å². The van der Waals surface area contributed by atoms with Gasteiger partial charge in [0.05, 0.1) is 12.1 Å². The van der Waals surface area contributed by atoms with Crippen LogP contribution in [0.2, 0.25) is 0 Å². The molecule has 1 aromatic carbocycles. The maximum absolute atomic E-state index is 13.5. The normalized spacial score (nSPS) is 12.1. The monoisotopic (exact) mass is 351 g/mol. The molecule has 1 aromatic heterocycles. The topological polar surface area (TPSA) is 75.9 Å². The molecule has 0 saturated carbocycles. The number of benzene rings is 1. The Labute approximate surface area is 144 Å². The van der Waals surface area contributed by atoms with Crippen molar-refractivity contribution < 1.29 is 13.2 Å². The first kappa shape index (κ1) is 18.6. The number of aryl methyl sites for hydroxylation is 1. The van der Waals surface area contributed by atoms with Gasteiger partial charge in [-0.15, -0.1) is 0 Å². The van der Waals surface area contributed by atoms with E-state index in [1.54, 1.807) is 12.4 Å². The van der Waals surface area contributed by atoms with Crippen LogP contribution in [0.25, 0.3) is 0 Å². The van der Waals surface area contributed by atoms with E-state index in [9.17, 15) is 13.2 Å². The molecule has 0 bridgehead atoms. The maximum Gasteiger partial charge on any atom is 0.273 e. The lowest BCUT2D eigenvalue weighted by molar-refractivity contribution is 0.0138. The van der Waals surface area contributed by atoms with Crippen LogP contribution in [0.4, 0.5) is 24.8 Å². The summed E-state index contributed by atoms with van der Waals surface area (Å²) < 4.78 is 40.1. The summed E-state index contributed by atoms with van der Waals surface area (Å²) in [5, 5.41) is 5.71. The summed E-state index contributed by atoms with van der Waals surface area (Å²) >= 11 is 0. The Kier molecular flexibility index (Phi) is 5.84. The third-order valence-electron chi connectivity index (χ3n) is 3.43.